The molecule has 3 aliphatic rings. The van der Waals surface area contributed by atoms with Gasteiger partial charge in [0, 0.05) is 56.8 Å². The molecule has 0 radical (unpaired) electrons. The zero-order valence-corrected chi connectivity index (χ0v) is 19.5. The Balaban J connectivity index is 1.15. The van der Waals surface area contributed by atoms with E-state index in [2.05, 4.69) is 14.7 Å². The second-order valence-corrected chi connectivity index (χ2v) is 9.16. The molecule has 1 saturated heterocycles. The van der Waals surface area contributed by atoms with Crippen LogP contribution in [-0.2, 0) is 17.8 Å². The number of aromatic amines is 1. The fourth-order valence-corrected chi connectivity index (χ4v) is 4.91. The number of benzene rings is 1. The van der Waals surface area contributed by atoms with Gasteiger partial charge in [0.2, 0.25) is 5.91 Å². The van der Waals surface area contributed by atoms with E-state index >= 15 is 0 Å². The van der Waals surface area contributed by atoms with E-state index < -0.39 is 6.36 Å². The van der Waals surface area contributed by atoms with Crippen molar-refractivity contribution in [3.8, 4) is 5.75 Å². The molecular formula is C25H26F3N5O3. The van der Waals surface area contributed by atoms with Crippen LogP contribution in [0.15, 0.2) is 48.3 Å². The summed E-state index contributed by atoms with van der Waals surface area (Å²) in [6.07, 6.45) is 3.51. The first-order chi connectivity index (χ1) is 17.2. The minimum atomic E-state index is -4.74. The highest BCUT2D eigenvalue weighted by atomic mass is 19.4. The van der Waals surface area contributed by atoms with E-state index in [0.717, 1.165) is 24.2 Å². The zero-order chi connectivity index (χ0) is 25.3. The fraction of sp³-hybridized carbons (Fsp3) is 0.400. The smallest absolute Gasteiger partial charge is 0.406 e. The number of carbonyl (C=O) groups excluding carboxylic acids is 2. The highest BCUT2D eigenvalue weighted by molar-refractivity contribution is 5.92. The number of urea groups is 1. The van der Waals surface area contributed by atoms with E-state index in [9.17, 15) is 22.8 Å². The molecule has 3 amide bonds. The van der Waals surface area contributed by atoms with Gasteiger partial charge in [-0.1, -0.05) is 18.2 Å². The Hall–Kier alpha value is -3.76. The Morgan fingerprint density at radius 3 is 2.67 bits per heavy atom. The number of hydrogen-bond acceptors (Lipinski definition) is 4. The minimum Gasteiger partial charge on any atom is -0.406 e. The molecule has 0 aliphatic carbocycles. The summed E-state index contributed by atoms with van der Waals surface area (Å²) >= 11 is 0. The van der Waals surface area contributed by atoms with E-state index in [1.54, 1.807) is 17.3 Å². The molecular weight excluding hydrogens is 475 g/mol. The number of ether oxygens (including phenoxy) is 1. The van der Waals surface area contributed by atoms with Crippen LogP contribution in [0.4, 0.5) is 18.0 Å². The van der Waals surface area contributed by atoms with Crippen molar-refractivity contribution >= 4 is 18.0 Å². The topological polar surface area (TPSA) is 81.8 Å². The number of alkyl halides is 3. The molecule has 1 fully saturated rings. The lowest BCUT2D eigenvalue weighted by atomic mass is 10.00. The maximum Gasteiger partial charge on any atom is 0.573 e. The molecule has 1 aromatic carbocycles. The van der Waals surface area contributed by atoms with Gasteiger partial charge in [-0.2, -0.15) is 0 Å². The molecule has 0 bridgehead atoms. The Labute approximate surface area is 206 Å². The minimum absolute atomic E-state index is 0.0279. The van der Waals surface area contributed by atoms with Crippen LogP contribution in [0.3, 0.4) is 0 Å². The van der Waals surface area contributed by atoms with Crippen molar-refractivity contribution in [3.63, 3.8) is 0 Å². The van der Waals surface area contributed by atoms with Gasteiger partial charge < -0.3 is 24.4 Å². The molecule has 0 unspecified atom stereocenters. The molecule has 190 valence electrons. The lowest BCUT2D eigenvalue weighted by molar-refractivity contribution is -0.274. The maximum atomic E-state index is 13.1. The molecule has 0 saturated carbocycles. The number of nitrogens with zero attached hydrogens (tertiary/aromatic N) is 4. The van der Waals surface area contributed by atoms with Crippen LogP contribution in [0.5, 0.6) is 5.75 Å². The number of carbonyl (C=O) groups is 2. The van der Waals surface area contributed by atoms with Gasteiger partial charge in [0.15, 0.2) is 0 Å². The first kappa shape index (κ1) is 24.0. The second kappa shape index (κ2) is 9.71. The Bertz CT molecular complexity index is 1190. The van der Waals surface area contributed by atoms with E-state index in [-0.39, 0.29) is 23.6 Å². The summed E-state index contributed by atoms with van der Waals surface area (Å²) in [5.41, 5.74) is 3.80. The second-order valence-electron chi connectivity index (χ2n) is 9.16. The zero-order valence-electron chi connectivity index (χ0n) is 19.5. The van der Waals surface area contributed by atoms with Gasteiger partial charge in [-0.15, -0.1) is 13.2 Å². The van der Waals surface area contributed by atoms with Gasteiger partial charge in [0.05, 0.1) is 18.6 Å². The Morgan fingerprint density at radius 2 is 1.89 bits per heavy atom. The summed E-state index contributed by atoms with van der Waals surface area (Å²) in [7, 11) is 0. The van der Waals surface area contributed by atoms with E-state index in [4.69, 9.17) is 0 Å². The van der Waals surface area contributed by atoms with Gasteiger partial charge in [-0.25, -0.2) is 9.78 Å². The normalized spacial score (nSPS) is 20.1. The number of hydrogen-bond donors (Lipinski definition) is 1. The molecule has 36 heavy (non-hydrogen) atoms. The van der Waals surface area contributed by atoms with Crippen molar-refractivity contribution in [2.24, 2.45) is 5.92 Å². The van der Waals surface area contributed by atoms with Crippen LogP contribution in [0, 0.1) is 5.92 Å². The van der Waals surface area contributed by atoms with Gasteiger partial charge in [-0.05, 0) is 35.8 Å². The number of amides is 3. The molecule has 2 aromatic rings. The molecule has 1 atom stereocenters. The highest BCUT2D eigenvalue weighted by Crippen LogP contribution is 2.30. The summed E-state index contributed by atoms with van der Waals surface area (Å²) in [6, 6.07) is 5.36. The van der Waals surface area contributed by atoms with E-state index in [1.807, 2.05) is 15.9 Å². The SMILES string of the molecule is O=C(/C=C/c1ccc(OC(F)(F)F)cc1)N1CC=C2CN(C(=O)N3CCc4[nH]cnc4C3)C[C@H]2CC1. The number of rotatable bonds is 3. The fourth-order valence-electron chi connectivity index (χ4n) is 4.91. The highest BCUT2D eigenvalue weighted by Gasteiger charge is 2.35. The predicted octanol–water partition coefficient (Wildman–Crippen LogP) is 3.59. The van der Waals surface area contributed by atoms with Crippen molar-refractivity contribution in [1.29, 1.82) is 0 Å². The van der Waals surface area contributed by atoms with Gasteiger partial charge in [0.1, 0.15) is 5.75 Å². The number of nitrogens with one attached hydrogen (secondary N) is 1. The van der Waals surface area contributed by atoms with Crippen LogP contribution < -0.4 is 4.74 Å². The third kappa shape index (κ3) is 5.39. The molecule has 0 spiro atoms. The number of halogens is 3. The van der Waals surface area contributed by atoms with Crippen LogP contribution in [-0.4, -0.2) is 75.7 Å². The number of likely N-dealkylation sites (tertiary alicyclic amines) is 1. The predicted molar refractivity (Wildman–Crippen MR) is 125 cm³/mol. The molecule has 8 nitrogen and oxygen atoms in total. The molecule has 3 aliphatic heterocycles. The summed E-state index contributed by atoms with van der Waals surface area (Å²) in [6.45, 7) is 3.41. The standard InChI is InChI=1S/C25H26F3N5O3/c26-25(27,28)36-20-4-1-17(2-5-20)3-6-23(34)31-10-7-18-13-33(14-19(18)8-11-31)24(35)32-12-9-21-22(15-32)30-16-29-21/h1-7,16,19H,8-15H2,(H,29,30)/b6-3+/t19-/m1/s1. The van der Waals surface area contributed by atoms with Crippen molar-refractivity contribution in [2.75, 3.05) is 32.7 Å². The van der Waals surface area contributed by atoms with Crippen LogP contribution in [0.1, 0.15) is 23.4 Å². The first-order valence-corrected chi connectivity index (χ1v) is 11.8. The number of aromatic nitrogens is 2. The number of imidazole rings is 1. The maximum absolute atomic E-state index is 13.1. The van der Waals surface area contributed by atoms with Crippen molar-refractivity contribution in [3.05, 3.63) is 65.3 Å². The van der Waals surface area contributed by atoms with E-state index in [1.165, 1.54) is 35.9 Å². The van der Waals surface area contributed by atoms with Crippen molar-refractivity contribution < 1.29 is 27.5 Å². The van der Waals surface area contributed by atoms with Crippen LogP contribution >= 0.6 is 0 Å². The average Bonchev–Trinajstić information content (AvgIpc) is 3.44. The molecule has 5 rings (SSSR count). The molecule has 11 heteroatoms. The van der Waals surface area contributed by atoms with Crippen LogP contribution in [0.2, 0.25) is 0 Å². The van der Waals surface area contributed by atoms with Gasteiger partial charge >= 0.3 is 12.4 Å². The third-order valence-electron chi connectivity index (χ3n) is 6.82. The lowest BCUT2D eigenvalue weighted by Crippen LogP contribution is -2.44. The van der Waals surface area contributed by atoms with Crippen molar-refractivity contribution in [1.82, 2.24) is 24.7 Å². The third-order valence-corrected chi connectivity index (χ3v) is 6.82. The summed E-state index contributed by atoms with van der Waals surface area (Å²) in [4.78, 5) is 38.7. The first-order valence-electron chi connectivity index (χ1n) is 11.8. The largest absolute Gasteiger partial charge is 0.573 e. The lowest BCUT2D eigenvalue weighted by Gasteiger charge is -2.30. The molecule has 1 aromatic heterocycles. The van der Waals surface area contributed by atoms with Crippen molar-refractivity contribution in [2.45, 2.75) is 25.7 Å². The molecule has 1 N–H and O–H groups in total. The number of H-pyrrole nitrogens is 1. The van der Waals surface area contributed by atoms with Gasteiger partial charge in [-0.3, -0.25) is 4.79 Å². The van der Waals surface area contributed by atoms with E-state index in [0.29, 0.717) is 44.8 Å². The average molecular weight is 502 g/mol. The summed E-state index contributed by atoms with van der Waals surface area (Å²) < 4.78 is 40.7. The quantitative estimate of drug-likeness (QED) is 0.515. The number of fused-ring (bicyclic) bond motifs is 2. The Morgan fingerprint density at radius 1 is 1.08 bits per heavy atom. The summed E-state index contributed by atoms with van der Waals surface area (Å²) in [5.74, 6) is -0.253. The van der Waals surface area contributed by atoms with Gasteiger partial charge in [0.25, 0.3) is 0 Å². The summed E-state index contributed by atoms with van der Waals surface area (Å²) in [5, 5.41) is 0. The molecule has 4 heterocycles. The van der Waals surface area contributed by atoms with Crippen LogP contribution in [0.25, 0.3) is 6.08 Å². The Kier molecular flexibility index (Phi) is 6.46. The monoisotopic (exact) mass is 501 g/mol.